The number of benzene rings is 1. The lowest BCUT2D eigenvalue weighted by molar-refractivity contribution is 0.0267. The summed E-state index contributed by atoms with van der Waals surface area (Å²) >= 11 is 0. The largest absolute Gasteiger partial charge is 0.459 e. The van der Waals surface area contributed by atoms with Gasteiger partial charge in [0.1, 0.15) is 16.8 Å². The van der Waals surface area contributed by atoms with Crippen LogP contribution in [0.25, 0.3) is 0 Å². The first kappa shape index (κ1) is 15.9. The first-order valence-electron chi connectivity index (χ1n) is 6.91. The molecule has 0 amide bonds. The topological polar surface area (TPSA) is 86.5 Å². The van der Waals surface area contributed by atoms with E-state index in [9.17, 15) is 17.6 Å². The van der Waals surface area contributed by atoms with Gasteiger partial charge in [-0.05, 0) is 43.9 Å². The molecule has 1 fully saturated rings. The number of hydrogen-bond acceptors (Lipinski definition) is 4. The summed E-state index contributed by atoms with van der Waals surface area (Å²) in [6.45, 7) is 0. The fourth-order valence-electron chi connectivity index (χ4n) is 2.43. The molecule has 0 radical (unpaired) electrons. The van der Waals surface area contributed by atoms with E-state index in [1.165, 1.54) is 6.07 Å². The number of carbonyl (C=O) groups is 1. The number of esters is 1. The highest BCUT2D eigenvalue weighted by molar-refractivity contribution is 7.89. The predicted octanol–water partition coefficient (Wildman–Crippen LogP) is 2.35. The Morgan fingerprint density at radius 2 is 1.81 bits per heavy atom. The van der Waals surface area contributed by atoms with Gasteiger partial charge in [0.15, 0.2) is 0 Å². The zero-order valence-electron chi connectivity index (χ0n) is 11.5. The molecule has 1 aliphatic carbocycles. The summed E-state index contributed by atoms with van der Waals surface area (Å²) in [6.07, 6.45) is 5.70. The lowest BCUT2D eigenvalue weighted by Crippen LogP contribution is -2.19. The molecular weight excluding hydrogens is 297 g/mol. The van der Waals surface area contributed by atoms with E-state index >= 15 is 0 Å². The van der Waals surface area contributed by atoms with E-state index in [1.54, 1.807) is 0 Å². The van der Waals surface area contributed by atoms with Crippen LogP contribution in [0.3, 0.4) is 0 Å². The maximum atomic E-state index is 13.4. The normalized spacial score (nSPS) is 17.2. The third-order valence-electron chi connectivity index (χ3n) is 3.55. The van der Waals surface area contributed by atoms with E-state index in [4.69, 9.17) is 9.88 Å². The molecule has 0 atom stereocenters. The van der Waals surface area contributed by atoms with Gasteiger partial charge < -0.3 is 4.74 Å². The third kappa shape index (κ3) is 4.25. The Labute approximate surface area is 123 Å². The Balaban J connectivity index is 2.16. The number of hydrogen-bond donors (Lipinski definition) is 1. The number of ether oxygens (including phenoxy) is 1. The Hall–Kier alpha value is -1.47. The van der Waals surface area contributed by atoms with Crippen LogP contribution in [0.15, 0.2) is 23.1 Å². The van der Waals surface area contributed by atoms with Gasteiger partial charge in [-0.2, -0.15) is 0 Å². The van der Waals surface area contributed by atoms with E-state index in [0.717, 1.165) is 50.7 Å². The molecule has 0 aromatic heterocycles. The van der Waals surface area contributed by atoms with Crippen molar-refractivity contribution in [2.45, 2.75) is 49.5 Å². The SMILES string of the molecule is NS(=O)(=O)c1cc(C(=O)OC2CCCCCC2)ccc1F. The Morgan fingerprint density at radius 1 is 1.19 bits per heavy atom. The molecule has 0 bridgehead atoms. The molecule has 1 aliphatic rings. The molecule has 0 heterocycles. The van der Waals surface area contributed by atoms with Crippen LogP contribution in [0.1, 0.15) is 48.9 Å². The monoisotopic (exact) mass is 315 g/mol. The second-order valence-corrected chi connectivity index (χ2v) is 6.74. The van der Waals surface area contributed by atoms with Crippen LogP contribution in [-0.4, -0.2) is 20.5 Å². The van der Waals surface area contributed by atoms with Crippen LogP contribution >= 0.6 is 0 Å². The molecule has 2 N–H and O–H groups in total. The Kier molecular flexibility index (Phi) is 4.95. The van der Waals surface area contributed by atoms with E-state index in [1.807, 2.05) is 0 Å². The maximum absolute atomic E-state index is 13.4. The third-order valence-corrected chi connectivity index (χ3v) is 4.48. The molecule has 116 valence electrons. The van der Waals surface area contributed by atoms with Crippen LogP contribution in [0, 0.1) is 5.82 Å². The van der Waals surface area contributed by atoms with Crippen molar-refractivity contribution in [3.63, 3.8) is 0 Å². The summed E-state index contributed by atoms with van der Waals surface area (Å²) in [4.78, 5) is 11.3. The van der Waals surface area contributed by atoms with Crippen LogP contribution in [-0.2, 0) is 14.8 Å². The quantitative estimate of drug-likeness (QED) is 0.685. The van der Waals surface area contributed by atoms with Crippen LogP contribution in [0.2, 0.25) is 0 Å². The highest BCUT2D eigenvalue weighted by Gasteiger charge is 2.21. The number of rotatable bonds is 3. The van der Waals surface area contributed by atoms with Crippen LogP contribution in [0.5, 0.6) is 0 Å². The summed E-state index contributed by atoms with van der Waals surface area (Å²) in [7, 11) is -4.21. The molecular formula is C14H18FNO4S. The fraction of sp³-hybridized carbons (Fsp3) is 0.500. The number of halogens is 1. The average Bonchev–Trinajstić information content (AvgIpc) is 2.66. The van der Waals surface area contributed by atoms with Gasteiger partial charge in [0.2, 0.25) is 10.0 Å². The summed E-state index contributed by atoms with van der Waals surface area (Å²) in [6, 6.07) is 3.02. The Bertz CT molecular complexity index is 622. The number of nitrogens with two attached hydrogens (primary N) is 1. The van der Waals surface area contributed by atoms with E-state index in [-0.39, 0.29) is 11.7 Å². The number of carbonyl (C=O) groups excluding carboxylic acids is 1. The molecule has 0 spiro atoms. The summed E-state index contributed by atoms with van der Waals surface area (Å²) in [5.74, 6) is -1.63. The summed E-state index contributed by atoms with van der Waals surface area (Å²) in [5.41, 5.74) is -0.00956. The average molecular weight is 315 g/mol. The van der Waals surface area contributed by atoms with E-state index in [2.05, 4.69) is 0 Å². The zero-order chi connectivity index (χ0) is 15.5. The highest BCUT2D eigenvalue weighted by atomic mass is 32.2. The van der Waals surface area contributed by atoms with Crippen molar-refractivity contribution in [1.82, 2.24) is 0 Å². The smallest absolute Gasteiger partial charge is 0.338 e. The van der Waals surface area contributed by atoms with Crippen molar-refractivity contribution in [2.24, 2.45) is 5.14 Å². The highest BCUT2D eigenvalue weighted by Crippen LogP contribution is 2.22. The molecule has 1 saturated carbocycles. The number of sulfonamides is 1. The first-order valence-corrected chi connectivity index (χ1v) is 8.46. The molecule has 2 rings (SSSR count). The molecule has 0 unspecified atom stereocenters. The van der Waals surface area contributed by atoms with Gasteiger partial charge in [-0.25, -0.2) is 22.7 Å². The van der Waals surface area contributed by atoms with Gasteiger partial charge in [-0.3, -0.25) is 0 Å². The second-order valence-electron chi connectivity index (χ2n) is 5.21. The van der Waals surface area contributed by atoms with Gasteiger partial charge >= 0.3 is 5.97 Å². The molecule has 5 nitrogen and oxygen atoms in total. The standard InChI is InChI=1S/C14H18FNO4S/c15-12-8-7-10(9-13(12)21(16,18)19)14(17)20-11-5-3-1-2-4-6-11/h7-9,11H,1-6H2,(H2,16,18,19). The van der Waals surface area contributed by atoms with Crippen LogP contribution in [0.4, 0.5) is 4.39 Å². The minimum absolute atomic E-state index is 0.00956. The maximum Gasteiger partial charge on any atom is 0.338 e. The first-order chi connectivity index (χ1) is 9.88. The van der Waals surface area contributed by atoms with Gasteiger partial charge in [0.05, 0.1) is 5.56 Å². The minimum Gasteiger partial charge on any atom is -0.459 e. The fourth-order valence-corrected chi connectivity index (χ4v) is 3.06. The predicted molar refractivity (Wildman–Crippen MR) is 74.7 cm³/mol. The van der Waals surface area contributed by atoms with E-state index in [0.29, 0.717) is 0 Å². The minimum atomic E-state index is -4.21. The van der Waals surface area contributed by atoms with E-state index < -0.39 is 26.7 Å². The van der Waals surface area contributed by atoms with Gasteiger partial charge in [0, 0.05) is 0 Å². The van der Waals surface area contributed by atoms with Crippen molar-refractivity contribution < 1.29 is 22.3 Å². The van der Waals surface area contributed by atoms with Crippen LogP contribution < -0.4 is 5.14 Å². The molecule has 21 heavy (non-hydrogen) atoms. The molecule has 1 aromatic carbocycles. The van der Waals surface area contributed by atoms with Crippen molar-refractivity contribution in [1.29, 1.82) is 0 Å². The molecule has 0 saturated heterocycles. The van der Waals surface area contributed by atoms with Gasteiger partial charge in [0.25, 0.3) is 0 Å². The van der Waals surface area contributed by atoms with Crippen molar-refractivity contribution in [2.75, 3.05) is 0 Å². The van der Waals surface area contributed by atoms with Gasteiger partial charge in [-0.1, -0.05) is 12.8 Å². The number of primary sulfonamides is 1. The molecule has 7 heteroatoms. The Morgan fingerprint density at radius 3 is 2.38 bits per heavy atom. The second kappa shape index (κ2) is 6.53. The van der Waals surface area contributed by atoms with Crippen molar-refractivity contribution in [3.8, 4) is 0 Å². The molecule has 1 aromatic rings. The lowest BCUT2D eigenvalue weighted by Gasteiger charge is -2.15. The molecule has 0 aliphatic heterocycles. The lowest BCUT2D eigenvalue weighted by atomic mass is 10.1. The van der Waals surface area contributed by atoms with Crippen molar-refractivity contribution >= 4 is 16.0 Å². The summed E-state index contributed by atoms with van der Waals surface area (Å²) in [5, 5.41) is 4.91. The van der Waals surface area contributed by atoms with Crippen molar-refractivity contribution in [3.05, 3.63) is 29.6 Å². The zero-order valence-corrected chi connectivity index (χ0v) is 12.4. The summed E-state index contributed by atoms with van der Waals surface area (Å²) < 4.78 is 41.3. The van der Waals surface area contributed by atoms with Gasteiger partial charge in [-0.15, -0.1) is 0 Å².